The Hall–Kier alpha value is -2.01. The van der Waals surface area contributed by atoms with Gasteiger partial charge in [-0.25, -0.2) is 0 Å². The first-order valence-corrected chi connectivity index (χ1v) is 9.08. The molecule has 0 amide bonds. The fraction of sp³-hybridized carbons (Fsp3) is 0.333. The van der Waals surface area contributed by atoms with Crippen molar-refractivity contribution < 1.29 is 5.11 Å². The molecule has 0 unspecified atom stereocenters. The van der Waals surface area contributed by atoms with Crippen LogP contribution in [0.25, 0.3) is 16.7 Å². The standard InChI is InChI=1S/C18H21N3OS/c1-4-5-6-13-9-12(2)10-17(18(13)22)21-19-15-8-7-14(23-3)11-16(15)20-21/h7-11,22H,4-6H2,1-3H3. The highest BCUT2D eigenvalue weighted by Gasteiger charge is 2.13. The van der Waals surface area contributed by atoms with Crippen molar-refractivity contribution in [3.05, 3.63) is 41.5 Å². The number of rotatable bonds is 5. The summed E-state index contributed by atoms with van der Waals surface area (Å²) in [7, 11) is 0. The van der Waals surface area contributed by atoms with Gasteiger partial charge in [-0.2, -0.15) is 0 Å². The molecule has 0 fully saturated rings. The maximum Gasteiger partial charge on any atom is 0.146 e. The topological polar surface area (TPSA) is 50.9 Å². The number of hydrogen-bond acceptors (Lipinski definition) is 4. The lowest BCUT2D eigenvalue weighted by Crippen LogP contribution is -2.02. The molecule has 1 heterocycles. The van der Waals surface area contributed by atoms with E-state index in [4.69, 9.17) is 0 Å². The number of phenols is 1. The van der Waals surface area contributed by atoms with E-state index in [1.807, 2.05) is 43.5 Å². The van der Waals surface area contributed by atoms with E-state index in [0.29, 0.717) is 5.69 Å². The van der Waals surface area contributed by atoms with E-state index in [2.05, 4.69) is 17.1 Å². The molecule has 0 saturated carbocycles. The molecule has 0 spiro atoms. The summed E-state index contributed by atoms with van der Waals surface area (Å²) in [6.45, 7) is 4.19. The van der Waals surface area contributed by atoms with Gasteiger partial charge in [0.2, 0.25) is 0 Å². The normalized spacial score (nSPS) is 11.3. The lowest BCUT2D eigenvalue weighted by molar-refractivity contribution is 0.459. The molecule has 2 aromatic carbocycles. The van der Waals surface area contributed by atoms with Crippen LogP contribution in [0.5, 0.6) is 5.75 Å². The average molecular weight is 327 g/mol. The van der Waals surface area contributed by atoms with Crippen molar-refractivity contribution in [3.8, 4) is 11.4 Å². The number of aromatic hydroxyl groups is 1. The van der Waals surface area contributed by atoms with Gasteiger partial charge in [0.25, 0.3) is 0 Å². The Bertz CT molecular complexity index is 842. The van der Waals surface area contributed by atoms with Crippen LogP contribution in [-0.2, 0) is 6.42 Å². The quantitative estimate of drug-likeness (QED) is 0.701. The van der Waals surface area contributed by atoms with Crippen LogP contribution in [0.2, 0.25) is 0 Å². The van der Waals surface area contributed by atoms with Crippen LogP contribution in [0.3, 0.4) is 0 Å². The highest BCUT2D eigenvalue weighted by Crippen LogP contribution is 2.29. The summed E-state index contributed by atoms with van der Waals surface area (Å²) in [5, 5.41) is 19.7. The second kappa shape index (κ2) is 6.62. The second-order valence-corrected chi connectivity index (χ2v) is 6.62. The number of phenolic OH excluding ortho intramolecular Hbond substituents is 1. The minimum absolute atomic E-state index is 0.287. The van der Waals surface area contributed by atoms with Gasteiger partial charge in [-0.15, -0.1) is 26.8 Å². The van der Waals surface area contributed by atoms with Crippen molar-refractivity contribution in [1.82, 2.24) is 15.0 Å². The van der Waals surface area contributed by atoms with Crippen LogP contribution in [0, 0.1) is 6.92 Å². The minimum Gasteiger partial charge on any atom is -0.505 e. The summed E-state index contributed by atoms with van der Waals surface area (Å²) in [6.07, 6.45) is 5.07. The number of fused-ring (bicyclic) bond motifs is 1. The van der Waals surface area contributed by atoms with Crippen molar-refractivity contribution in [2.24, 2.45) is 0 Å². The number of hydrogen-bond donors (Lipinski definition) is 1. The van der Waals surface area contributed by atoms with Crippen molar-refractivity contribution in [3.63, 3.8) is 0 Å². The molecule has 1 aromatic heterocycles. The molecule has 0 bridgehead atoms. The summed E-state index contributed by atoms with van der Waals surface area (Å²) >= 11 is 1.68. The van der Waals surface area contributed by atoms with Gasteiger partial charge in [0.05, 0.1) is 0 Å². The van der Waals surface area contributed by atoms with Crippen LogP contribution in [0.4, 0.5) is 0 Å². The zero-order valence-electron chi connectivity index (χ0n) is 13.7. The van der Waals surface area contributed by atoms with Gasteiger partial charge < -0.3 is 5.11 Å². The predicted molar refractivity (Wildman–Crippen MR) is 95.7 cm³/mol. The second-order valence-electron chi connectivity index (χ2n) is 5.74. The van der Waals surface area contributed by atoms with Crippen molar-refractivity contribution >= 4 is 22.8 Å². The zero-order valence-corrected chi connectivity index (χ0v) is 14.5. The Morgan fingerprint density at radius 2 is 1.91 bits per heavy atom. The van der Waals surface area contributed by atoms with E-state index < -0.39 is 0 Å². The lowest BCUT2D eigenvalue weighted by Gasteiger charge is -2.10. The Labute approximate surface area is 140 Å². The summed E-state index contributed by atoms with van der Waals surface area (Å²) < 4.78 is 0. The molecule has 1 N–H and O–H groups in total. The van der Waals surface area contributed by atoms with Gasteiger partial charge in [0.1, 0.15) is 22.5 Å². The Morgan fingerprint density at radius 1 is 1.13 bits per heavy atom. The van der Waals surface area contributed by atoms with Crippen LogP contribution < -0.4 is 0 Å². The van der Waals surface area contributed by atoms with Gasteiger partial charge in [0.15, 0.2) is 0 Å². The summed E-state index contributed by atoms with van der Waals surface area (Å²) in [5.74, 6) is 0.287. The van der Waals surface area contributed by atoms with Crippen molar-refractivity contribution in [1.29, 1.82) is 0 Å². The molecule has 0 aliphatic rings. The molecule has 0 radical (unpaired) electrons. The van der Waals surface area contributed by atoms with Gasteiger partial charge in [-0.05, 0) is 61.4 Å². The molecule has 120 valence electrons. The minimum atomic E-state index is 0.287. The smallest absolute Gasteiger partial charge is 0.146 e. The number of thioether (sulfide) groups is 1. The van der Waals surface area contributed by atoms with Crippen LogP contribution >= 0.6 is 11.8 Å². The number of aryl methyl sites for hydroxylation is 2. The predicted octanol–water partition coefficient (Wildman–Crippen LogP) is 4.50. The van der Waals surface area contributed by atoms with Gasteiger partial charge in [-0.3, -0.25) is 0 Å². The molecule has 4 nitrogen and oxygen atoms in total. The van der Waals surface area contributed by atoms with E-state index in [0.717, 1.165) is 46.3 Å². The molecule has 5 heteroatoms. The fourth-order valence-corrected chi connectivity index (χ4v) is 3.11. The van der Waals surface area contributed by atoms with Gasteiger partial charge >= 0.3 is 0 Å². The van der Waals surface area contributed by atoms with Crippen LogP contribution in [0.15, 0.2) is 35.2 Å². The first-order chi connectivity index (χ1) is 11.1. The van der Waals surface area contributed by atoms with Crippen LogP contribution in [-0.4, -0.2) is 26.4 Å². The molecule has 3 rings (SSSR count). The third-order valence-corrected chi connectivity index (χ3v) is 4.64. The maximum atomic E-state index is 10.6. The lowest BCUT2D eigenvalue weighted by atomic mass is 10.0. The Kier molecular flexibility index (Phi) is 4.57. The average Bonchev–Trinajstić information content (AvgIpc) is 2.97. The molecule has 0 saturated heterocycles. The first kappa shape index (κ1) is 15.9. The molecule has 0 aliphatic heterocycles. The van der Waals surface area contributed by atoms with E-state index in [1.165, 1.54) is 0 Å². The number of nitrogens with zero attached hydrogens (tertiary/aromatic N) is 3. The third-order valence-electron chi connectivity index (χ3n) is 3.92. The Morgan fingerprint density at radius 3 is 2.65 bits per heavy atom. The van der Waals surface area contributed by atoms with E-state index in [1.54, 1.807) is 16.6 Å². The zero-order chi connectivity index (χ0) is 16.4. The molecular weight excluding hydrogens is 306 g/mol. The number of aromatic nitrogens is 3. The summed E-state index contributed by atoms with van der Waals surface area (Å²) in [4.78, 5) is 2.70. The molecule has 23 heavy (non-hydrogen) atoms. The van der Waals surface area contributed by atoms with E-state index in [9.17, 15) is 5.11 Å². The van der Waals surface area contributed by atoms with Gasteiger partial charge in [-0.1, -0.05) is 19.4 Å². The molecule has 3 aromatic rings. The van der Waals surface area contributed by atoms with Crippen molar-refractivity contribution in [2.75, 3.05) is 6.26 Å². The molecule has 0 atom stereocenters. The van der Waals surface area contributed by atoms with Crippen molar-refractivity contribution in [2.45, 2.75) is 38.0 Å². The summed E-state index contributed by atoms with van der Waals surface area (Å²) in [6, 6.07) is 10.0. The summed E-state index contributed by atoms with van der Waals surface area (Å²) in [5.41, 5.74) is 4.40. The fourth-order valence-electron chi connectivity index (χ4n) is 2.67. The highest BCUT2D eigenvalue weighted by atomic mass is 32.2. The SMILES string of the molecule is CCCCc1cc(C)cc(-n2nc3ccc(SC)cc3n2)c1O. The monoisotopic (exact) mass is 327 g/mol. The maximum absolute atomic E-state index is 10.6. The Balaban J connectivity index is 2.08. The van der Waals surface area contributed by atoms with Gasteiger partial charge in [0, 0.05) is 4.90 Å². The number of unbranched alkanes of at least 4 members (excludes halogenated alkanes) is 1. The first-order valence-electron chi connectivity index (χ1n) is 7.86. The largest absolute Gasteiger partial charge is 0.505 e. The van der Waals surface area contributed by atoms with E-state index in [-0.39, 0.29) is 5.75 Å². The van der Waals surface area contributed by atoms with E-state index >= 15 is 0 Å². The molecule has 0 aliphatic carbocycles. The molecular formula is C18H21N3OS. The number of benzene rings is 2. The third kappa shape index (κ3) is 3.20. The highest BCUT2D eigenvalue weighted by molar-refractivity contribution is 7.98. The van der Waals surface area contributed by atoms with Crippen LogP contribution in [0.1, 0.15) is 30.9 Å².